The first-order chi connectivity index (χ1) is 19.2. The molecule has 2 rings (SSSR count). The van der Waals surface area contributed by atoms with Gasteiger partial charge in [0.25, 0.3) is 0 Å². The summed E-state index contributed by atoms with van der Waals surface area (Å²) in [5.41, 5.74) is 2.69. The number of benzene rings is 2. The van der Waals surface area contributed by atoms with Gasteiger partial charge in [0.1, 0.15) is 5.75 Å². The van der Waals surface area contributed by atoms with Gasteiger partial charge < -0.3 is 14.6 Å². The number of nitrogens with zero attached hydrogens (tertiary/aromatic N) is 1. The standard InChI is InChI=1S/C28H37NO3.3C2H6.CH4O/c1-7-27(4,5)25(18-28(6,8-2)9-3)26(30)32-20-31-24-16-14-23(15-17-24)22-12-10-21(19-29)11-13-22;4*1-2/h10-17,25H,7-9,18,20H2,1-6H3;3*1-2H3;2H,1H3. The largest absolute Gasteiger partial charge is 0.457 e. The van der Waals surface area contributed by atoms with E-state index in [1.54, 1.807) is 12.1 Å². The third-order valence-corrected chi connectivity index (χ3v) is 7.17. The van der Waals surface area contributed by atoms with Gasteiger partial charge in [0.05, 0.1) is 17.6 Å². The van der Waals surface area contributed by atoms with E-state index < -0.39 is 0 Å². The van der Waals surface area contributed by atoms with Crippen molar-refractivity contribution in [2.45, 2.75) is 109 Å². The van der Waals surface area contributed by atoms with Crippen molar-refractivity contribution >= 4 is 5.97 Å². The highest BCUT2D eigenvalue weighted by atomic mass is 16.7. The number of aliphatic hydroxyl groups excluding tert-OH is 1. The number of carbonyl (C=O) groups is 1. The van der Waals surface area contributed by atoms with Crippen LogP contribution in [0.5, 0.6) is 5.75 Å². The van der Waals surface area contributed by atoms with Gasteiger partial charge in [-0.3, -0.25) is 4.79 Å². The maximum Gasteiger partial charge on any atom is 0.312 e. The van der Waals surface area contributed by atoms with E-state index in [2.05, 4.69) is 47.6 Å². The fraction of sp³-hybridized carbons (Fsp3) is 0.600. The smallest absolute Gasteiger partial charge is 0.312 e. The molecule has 1 N–H and O–H groups in total. The number of aliphatic hydroxyl groups is 1. The highest BCUT2D eigenvalue weighted by Crippen LogP contribution is 2.42. The highest BCUT2D eigenvalue weighted by Gasteiger charge is 2.39. The van der Waals surface area contributed by atoms with E-state index in [-0.39, 0.29) is 29.5 Å². The summed E-state index contributed by atoms with van der Waals surface area (Å²) in [5.74, 6) is 0.299. The number of ether oxygens (including phenoxy) is 2. The number of nitriles is 1. The molecule has 0 bridgehead atoms. The summed E-state index contributed by atoms with van der Waals surface area (Å²) in [4.78, 5) is 13.0. The maximum absolute atomic E-state index is 13.0. The minimum atomic E-state index is -0.181. The summed E-state index contributed by atoms with van der Waals surface area (Å²) in [6.45, 7) is 25.0. The zero-order valence-electron chi connectivity index (χ0n) is 27.9. The van der Waals surface area contributed by atoms with Crippen LogP contribution in [0.3, 0.4) is 0 Å². The van der Waals surface area contributed by atoms with Crippen molar-refractivity contribution < 1.29 is 19.4 Å². The number of hydrogen-bond donors (Lipinski definition) is 1. The minimum absolute atomic E-state index is 0.0969. The topological polar surface area (TPSA) is 79.5 Å². The van der Waals surface area contributed by atoms with E-state index in [9.17, 15) is 4.79 Å². The van der Waals surface area contributed by atoms with E-state index in [1.807, 2.05) is 77.9 Å². The van der Waals surface area contributed by atoms with Crippen LogP contribution in [0.25, 0.3) is 11.1 Å². The van der Waals surface area contributed by atoms with Gasteiger partial charge in [0.15, 0.2) is 0 Å². The molecule has 2 aromatic rings. The SMILES string of the molecule is CC.CC.CC.CCC(C)(CC)CC(C(=O)OCOc1ccc(-c2ccc(C#N)cc2)cc1)C(C)(C)CC.CO. The van der Waals surface area contributed by atoms with Crippen LogP contribution in [-0.4, -0.2) is 25.0 Å². The second kappa shape index (κ2) is 24.0. The minimum Gasteiger partial charge on any atom is -0.457 e. The summed E-state index contributed by atoms with van der Waals surface area (Å²) in [7, 11) is 1.00. The van der Waals surface area contributed by atoms with Crippen LogP contribution in [0.2, 0.25) is 0 Å². The van der Waals surface area contributed by atoms with Crippen molar-refractivity contribution in [2.24, 2.45) is 16.7 Å². The summed E-state index contributed by atoms with van der Waals surface area (Å²) in [5, 5.41) is 15.9. The second-order valence-corrected chi connectivity index (χ2v) is 9.56. The molecule has 0 radical (unpaired) electrons. The average Bonchev–Trinajstić information content (AvgIpc) is 3.04. The van der Waals surface area contributed by atoms with Crippen LogP contribution in [0.15, 0.2) is 48.5 Å². The molecule has 0 aliphatic rings. The average molecular weight is 558 g/mol. The zero-order chi connectivity index (χ0) is 31.8. The van der Waals surface area contributed by atoms with Gasteiger partial charge in [-0.15, -0.1) is 0 Å². The van der Waals surface area contributed by atoms with Crippen molar-refractivity contribution in [3.8, 4) is 22.9 Å². The van der Waals surface area contributed by atoms with Crippen LogP contribution in [0.4, 0.5) is 0 Å². The lowest BCUT2D eigenvalue weighted by atomic mass is 9.67. The fourth-order valence-electron chi connectivity index (χ4n) is 3.69. The van der Waals surface area contributed by atoms with Crippen molar-refractivity contribution in [3.05, 3.63) is 54.1 Å². The number of rotatable bonds is 11. The molecule has 228 valence electrons. The Kier molecular flexibility index (Phi) is 25.0. The molecule has 0 amide bonds. The molecule has 0 aromatic heterocycles. The quantitative estimate of drug-likeness (QED) is 0.220. The van der Waals surface area contributed by atoms with E-state index in [1.165, 1.54) is 0 Å². The zero-order valence-corrected chi connectivity index (χ0v) is 27.9. The Morgan fingerprint density at radius 3 is 1.60 bits per heavy atom. The molecule has 1 unspecified atom stereocenters. The van der Waals surface area contributed by atoms with E-state index in [4.69, 9.17) is 19.8 Å². The Balaban J connectivity index is -0.00000157. The third-order valence-electron chi connectivity index (χ3n) is 7.17. The van der Waals surface area contributed by atoms with Crippen LogP contribution >= 0.6 is 0 Å². The molecule has 0 spiro atoms. The molecule has 0 saturated carbocycles. The van der Waals surface area contributed by atoms with E-state index >= 15 is 0 Å². The lowest BCUT2D eigenvalue weighted by Gasteiger charge is -2.38. The predicted octanol–water partition coefficient (Wildman–Crippen LogP) is 10.1. The van der Waals surface area contributed by atoms with Crippen molar-refractivity contribution in [2.75, 3.05) is 13.9 Å². The Bertz CT molecular complexity index is 908. The molecular weight excluding hydrogens is 498 g/mol. The number of hydrogen-bond acceptors (Lipinski definition) is 5. The molecule has 0 aliphatic carbocycles. The molecule has 0 heterocycles. The second-order valence-electron chi connectivity index (χ2n) is 9.56. The normalized spacial score (nSPS) is 10.7. The molecule has 5 heteroatoms. The van der Waals surface area contributed by atoms with Crippen molar-refractivity contribution in [1.82, 2.24) is 0 Å². The van der Waals surface area contributed by atoms with E-state index in [0.29, 0.717) is 11.3 Å². The van der Waals surface area contributed by atoms with Gasteiger partial charge in [-0.25, -0.2) is 0 Å². The Hall–Kier alpha value is -2.84. The molecular formula is C35H59NO4. The Morgan fingerprint density at radius 1 is 0.800 bits per heavy atom. The van der Waals surface area contributed by atoms with Gasteiger partial charge in [-0.2, -0.15) is 5.26 Å². The molecule has 0 fully saturated rings. The Morgan fingerprint density at radius 2 is 1.23 bits per heavy atom. The lowest BCUT2D eigenvalue weighted by Crippen LogP contribution is -2.36. The first-order valence-electron chi connectivity index (χ1n) is 15.0. The molecule has 40 heavy (non-hydrogen) atoms. The molecule has 1 atom stereocenters. The lowest BCUT2D eigenvalue weighted by molar-refractivity contribution is -0.161. The van der Waals surface area contributed by atoms with Crippen LogP contribution in [0.1, 0.15) is 114 Å². The van der Waals surface area contributed by atoms with Gasteiger partial charge in [-0.1, -0.05) is 127 Å². The van der Waals surface area contributed by atoms with Crippen LogP contribution < -0.4 is 4.74 Å². The van der Waals surface area contributed by atoms with Gasteiger partial charge >= 0.3 is 5.97 Å². The first-order valence-corrected chi connectivity index (χ1v) is 15.0. The monoisotopic (exact) mass is 557 g/mol. The summed E-state index contributed by atoms with van der Waals surface area (Å²) in [6.07, 6.45) is 3.80. The van der Waals surface area contributed by atoms with Gasteiger partial charge in [0.2, 0.25) is 6.79 Å². The van der Waals surface area contributed by atoms with Gasteiger partial charge in [-0.05, 0) is 52.6 Å². The van der Waals surface area contributed by atoms with Crippen LogP contribution in [0, 0.1) is 28.1 Å². The summed E-state index contributed by atoms with van der Waals surface area (Å²) >= 11 is 0. The van der Waals surface area contributed by atoms with Crippen LogP contribution in [-0.2, 0) is 9.53 Å². The number of carbonyl (C=O) groups excluding carboxylic acids is 1. The summed E-state index contributed by atoms with van der Waals surface area (Å²) in [6, 6.07) is 17.2. The predicted molar refractivity (Wildman–Crippen MR) is 171 cm³/mol. The number of esters is 1. The highest BCUT2D eigenvalue weighted by molar-refractivity contribution is 5.73. The van der Waals surface area contributed by atoms with Gasteiger partial charge in [0, 0.05) is 7.11 Å². The first kappa shape index (κ1) is 41.6. The maximum atomic E-state index is 13.0. The van der Waals surface area contributed by atoms with Crippen molar-refractivity contribution in [1.29, 1.82) is 5.26 Å². The molecule has 0 saturated heterocycles. The van der Waals surface area contributed by atoms with E-state index in [0.717, 1.165) is 43.9 Å². The van der Waals surface area contributed by atoms with Crippen molar-refractivity contribution in [3.63, 3.8) is 0 Å². The molecule has 5 nitrogen and oxygen atoms in total. The molecule has 2 aromatic carbocycles. The third kappa shape index (κ3) is 14.5. The molecule has 0 aliphatic heterocycles. The Labute approximate surface area is 246 Å². The fourth-order valence-corrected chi connectivity index (χ4v) is 3.69. The summed E-state index contributed by atoms with van der Waals surface area (Å²) < 4.78 is 11.3.